The molecule has 150 valence electrons. The number of hydrogen-bond donors (Lipinski definition) is 1. The van der Waals surface area contributed by atoms with Gasteiger partial charge >= 0.3 is 0 Å². The van der Waals surface area contributed by atoms with Crippen LogP contribution in [-0.2, 0) is 9.59 Å². The summed E-state index contributed by atoms with van der Waals surface area (Å²) in [7, 11) is 0. The van der Waals surface area contributed by atoms with E-state index >= 15 is 0 Å². The minimum absolute atomic E-state index is 0.136. The molecule has 1 heterocycles. The first-order valence-corrected chi connectivity index (χ1v) is 10.2. The number of aryl methyl sites for hydroxylation is 1. The van der Waals surface area contributed by atoms with Crippen molar-refractivity contribution in [2.75, 3.05) is 10.2 Å². The first-order valence-electron chi connectivity index (χ1n) is 9.04. The third kappa shape index (κ3) is 3.58. The summed E-state index contributed by atoms with van der Waals surface area (Å²) in [5.41, 5.74) is 2.77. The average Bonchev–Trinajstić information content (AvgIpc) is 2.96. The predicted molar refractivity (Wildman–Crippen MR) is 122 cm³/mol. The number of hydrogen-bond acceptors (Lipinski definition) is 3. The monoisotopic (exact) mass is 456 g/mol. The molecule has 3 aromatic rings. The molecule has 30 heavy (non-hydrogen) atoms. The Bertz CT molecular complexity index is 1210. The van der Waals surface area contributed by atoms with Crippen LogP contribution in [-0.4, -0.2) is 11.8 Å². The van der Waals surface area contributed by atoms with Gasteiger partial charge in [-0.05, 0) is 48.4 Å². The fraction of sp³-hybridized carbons (Fsp3) is 0.0435. The lowest BCUT2D eigenvalue weighted by molar-refractivity contribution is -0.120. The van der Waals surface area contributed by atoms with Gasteiger partial charge in [-0.1, -0.05) is 71.2 Å². The number of carbonyl (C=O) groups excluding carboxylic acids is 2. The maximum atomic E-state index is 13.4. The van der Waals surface area contributed by atoms with Gasteiger partial charge in [-0.3, -0.25) is 9.59 Å². The van der Waals surface area contributed by atoms with Gasteiger partial charge in [0, 0.05) is 10.7 Å². The lowest BCUT2D eigenvalue weighted by Crippen LogP contribution is -2.32. The SMILES string of the molecule is Cc1cc(Cl)ccc1NC1=C(c2ccccc2)C(=O)N(c2cccc(Cl)c2Cl)C1=O. The van der Waals surface area contributed by atoms with E-state index in [0.29, 0.717) is 16.3 Å². The van der Waals surface area contributed by atoms with Crippen LogP contribution >= 0.6 is 34.8 Å². The molecular weight excluding hydrogens is 443 g/mol. The summed E-state index contributed by atoms with van der Waals surface area (Å²) >= 11 is 18.5. The maximum absolute atomic E-state index is 13.4. The second-order valence-electron chi connectivity index (χ2n) is 6.72. The summed E-state index contributed by atoms with van der Waals surface area (Å²) < 4.78 is 0. The van der Waals surface area contributed by atoms with Crippen LogP contribution in [0, 0.1) is 6.92 Å². The van der Waals surface area contributed by atoms with Crippen LogP contribution in [0.4, 0.5) is 11.4 Å². The van der Waals surface area contributed by atoms with E-state index < -0.39 is 11.8 Å². The molecule has 0 aliphatic carbocycles. The molecule has 2 amide bonds. The number of nitrogens with zero attached hydrogens (tertiary/aromatic N) is 1. The first kappa shape index (κ1) is 20.5. The van der Waals surface area contributed by atoms with E-state index in [0.717, 1.165) is 10.5 Å². The Morgan fingerprint density at radius 3 is 2.27 bits per heavy atom. The van der Waals surface area contributed by atoms with Crippen LogP contribution in [0.2, 0.25) is 15.1 Å². The predicted octanol–water partition coefficient (Wildman–Crippen LogP) is 6.35. The number of carbonyl (C=O) groups is 2. The maximum Gasteiger partial charge on any atom is 0.282 e. The molecular formula is C23H15Cl3N2O2. The Kier molecular flexibility index (Phi) is 5.56. The van der Waals surface area contributed by atoms with Crippen LogP contribution in [0.25, 0.3) is 5.57 Å². The molecule has 0 saturated heterocycles. The van der Waals surface area contributed by atoms with Gasteiger partial charge in [0.25, 0.3) is 11.8 Å². The zero-order chi connectivity index (χ0) is 21.4. The molecule has 0 spiro atoms. The largest absolute Gasteiger partial charge is 0.350 e. The average molecular weight is 458 g/mol. The molecule has 0 atom stereocenters. The number of rotatable bonds is 4. The van der Waals surface area contributed by atoms with Crippen molar-refractivity contribution in [3.05, 3.63) is 98.6 Å². The van der Waals surface area contributed by atoms with E-state index in [1.165, 1.54) is 0 Å². The van der Waals surface area contributed by atoms with Gasteiger partial charge < -0.3 is 5.32 Å². The molecule has 4 rings (SSSR count). The van der Waals surface area contributed by atoms with E-state index in [2.05, 4.69) is 5.32 Å². The van der Waals surface area contributed by atoms with Crippen molar-refractivity contribution in [2.45, 2.75) is 6.92 Å². The van der Waals surface area contributed by atoms with E-state index in [1.54, 1.807) is 60.7 Å². The van der Waals surface area contributed by atoms with E-state index in [-0.39, 0.29) is 27.0 Å². The summed E-state index contributed by atoms with van der Waals surface area (Å²) in [6.45, 7) is 1.86. The Balaban J connectivity index is 1.86. The number of imide groups is 1. The molecule has 7 heteroatoms. The van der Waals surface area contributed by atoms with Crippen LogP contribution in [0.3, 0.4) is 0 Å². The fourth-order valence-corrected chi connectivity index (χ4v) is 3.91. The van der Waals surface area contributed by atoms with Crippen molar-refractivity contribution in [3.63, 3.8) is 0 Å². The molecule has 0 bridgehead atoms. The van der Waals surface area contributed by atoms with Crippen molar-refractivity contribution in [1.29, 1.82) is 0 Å². The quantitative estimate of drug-likeness (QED) is 0.464. The Hall–Kier alpha value is -2.79. The molecule has 0 saturated carbocycles. The van der Waals surface area contributed by atoms with Crippen molar-refractivity contribution < 1.29 is 9.59 Å². The number of benzene rings is 3. The van der Waals surface area contributed by atoms with Gasteiger partial charge in [0.1, 0.15) is 5.70 Å². The van der Waals surface area contributed by atoms with Crippen LogP contribution in [0.15, 0.2) is 72.4 Å². The Morgan fingerprint density at radius 2 is 1.57 bits per heavy atom. The number of halogens is 3. The topological polar surface area (TPSA) is 49.4 Å². The van der Waals surface area contributed by atoms with E-state index in [9.17, 15) is 9.59 Å². The Labute approximate surface area is 188 Å². The lowest BCUT2D eigenvalue weighted by atomic mass is 10.0. The van der Waals surface area contributed by atoms with Gasteiger partial charge in [0.05, 0.1) is 21.3 Å². The molecule has 4 nitrogen and oxygen atoms in total. The van der Waals surface area contributed by atoms with Crippen molar-refractivity contribution in [2.24, 2.45) is 0 Å². The molecule has 1 aliphatic rings. The zero-order valence-corrected chi connectivity index (χ0v) is 18.0. The van der Waals surface area contributed by atoms with Crippen LogP contribution in [0.5, 0.6) is 0 Å². The minimum Gasteiger partial charge on any atom is -0.350 e. The van der Waals surface area contributed by atoms with Crippen LogP contribution in [0.1, 0.15) is 11.1 Å². The molecule has 0 fully saturated rings. The summed E-state index contributed by atoms with van der Waals surface area (Å²) in [6, 6.07) is 19.1. The second kappa shape index (κ2) is 8.15. The third-order valence-electron chi connectivity index (χ3n) is 4.77. The van der Waals surface area contributed by atoms with Gasteiger partial charge in [-0.15, -0.1) is 0 Å². The number of amides is 2. The van der Waals surface area contributed by atoms with Gasteiger partial charge in [-0.25, -0.2) is 4.90 Å². The third-order valence-corrected chi connectivity index (χ3v) is 5.81. The van der Waals surface area contributed by atoms with Crippen molar-refractivity contribution >= 4 is 63.6 Å². The van der Waals surface area contributed by atoms with Gasteiger partial charge in [-0.2, -0.15) is 0 Å². The summed E-state index contributed by atoms with van der Waals surface area (Å²) in [5.74, 6) is -0.998. The van der Waals surface area contributed by atoms with Crippen molar-refractivity contribution in [1.82, 2.24) is 0 Å². The molecule has 0 aromatic heterocycles. The molecule has 3 aromatic carbocycles. The number of anilines is 2. The normalized spacial score (nSPS) is 13.9. The summed E-state index contributed by atoms with van der Waals surface area (Å²) in [4.78, 5) is 27.9. The fourth-order valence-electron chi connectivity index (χ4n) is 3.30. The molecule has 0 radical (unpaired) electrons. The lowest BCUT2D eigenvalue weighted by Gasteiger charge is -2.17. The smallest absolute Gasteiger partial charge is 0.282 e. The van der Waals surface area contributed by atoms with Gasteiger partial charge in [0.15, 0.2) is 0 Å². The van der Waals surface area contributed by atoms with Gasteiger partial charge in [0.2, 0.25) is 0 Å². The highest BCUT2D eigenvalue weighted by atomic mass is 35.5. The van der Waals surface area contributed by atoms with E-state index in [1.807, 2.05) is 13.0 Å². The summed E-state index contributed by atoms with van der Waals surface area (Å²) in [6.07, 6.45) is 0. The standard InChI is InChI=1S/C23H15Cl3N2O2/c1-13-12-15(24)10-11-17(13)27-21-19(14-6-3-2-4-7-14)22(29)28(23(21)30)18-9-5-8-16(25)20(18)26/h2-12,27H,1H3. The Morgan fingerprint density at radius 1 is 0.833 bits per heavy atom. The molecule has 1 aliphatic heterocycles. The highest BCUT2D eigenvalue weighted by Crippen LogP contribution is 2.39. The second-order valence-corrected chi connectivity index (χ2v) is 7.94. The first-order chi connectivity index (χ1) is 14.4. The summed E-state index contributed by atoms with van der Waals surface area (Å²) in [5, 5.41) is 4.10. The molecule has 0 unspecified atom stereocenters. The highest BCUT2D eigenvalue weighted by molar-refractivity contribution is 6.50. The number of nitrogens with one attached hydrogen (secondary N) is 1. The highest BCUT2D eigenvalue weighted by Gasteiger charge is 2.41. The van der Waals surface area contributed by atoms with Crippen LogP contribution < -0.4 is 10.2 Å². The van der Waals surface area contributed by atoms with Crippen molar-refractivity contribution in [3.8, 4) is 0 Å². The molecule has 1 N–H and O–H groups in total. The van der Waals surface area contributed by atoms with E-state index in [4.69, 9.17) is 34.8 Å². The zero-order valence-electron chi connectivity index (χ0n) is 15.7. The minimum atomic E-state index is -0.516.